The van der Waals surface area contributed by atoms with Crippen LogP contribution in [0.2, 0.25) is 0 Å². The zero-order valence-corrected chi connectivity index (χ0v) is 8.85. The molecular formula is C12H21N. The topological polar surface area (TPSA) is 12.0 Å². The van der Waals surface area contributed by atoms with Crippen molar-refractivity contribution in [2.75, 3.05) is 11.9 Å². The van der Waals surface area contributed by atoms with E-state index in [0.29, 0.717) is 0 Å². The Labute approximate surface area is 82.7 Å². The largest absolute Gasteiger partial charge is 0.384 e. The molecule has 0 amide bonds. The first kappa shape index (κ1) is 10.1. The lowest BCUT2D eigenvalue weighted by molar-refractivity contribution is 1.09. The Bertz CT molecular complexity index is 271. The molecule has 1 N–H and O–H groups in total. The van der Waals surface area contributed by atoms with Crippen molar-refractivity contribution in [2.24, 2.45) is 0 Å². The minimum absolute atomic E-state index is 0. The number of benzene rings is 1. The van der Waals surface area contributed by atoms with Crippen LogP contribution in [-0.2, 0) is 6.42 Å². The molecule has 0 bridgehead atoms. The average Bonchev–Trinajstić information content (AvgIpc) is 2.52. The zero-order chi connectivity index (χ0) is 9.68. The van der Waals surface area contributed by atoms with Gasteiger partial charge in [0.25, 0.3) is 0 Å². The van der Waals surface area contributed by atoms with Crippen LogP contribution in [0.4, 0.5) is 5.69 Å². The van der Waals surface area contributed by atoms with Crippen LogP contribution < -0.4 is 5.32 Å². The van der Waals surface area contributed by atoms with Gasteiger partial charge in [0, 0.05) is 13.7 Å². The second-order valence-corrected chi connectivity index (χ2v) is 3.54. The fraction of sp³-hybridized carbons (Fsp3) is 0.500. The van der Waals surface area contributed by atoms with Gasteiger partial charge in [0.1, 0.15) is 0 Å². The standard InChI is InChI=1S/C9H11N.C3H8.H2/c1-7-2-3-9-8(6-7)4-5-10-9;1-3-2;/h2-3,6,10H,4-5H2,1H3;3H2,1-2H3;1H. The lowest BCUT2D eigenvalue weighted by Gasteiger charge is -1.98. The van der Waals surface area contributed by atoms with Crippen molar-refractivity contribution in [3.05, 3.63) is 29.3 Å². The van der Waals surface area contributed by atoms with Gasteiger partial charge in [-0.25, -0.2) is 0 Å². The van der Waals surface area contributed by atoms with E-state index in [1.807, 2.05) is 0 Å². The monoisotopic (exact) mass is 179 g/mol. The molecule has 2 rings (SSSR count). The van der Waals surface area contributed by atoms with Crippen molar-refractivity contribution < 1.29 is 1.43 Å². The summed E-state index contributed by atoms with van der Waals surface area (Å²) in [6.45, 7) is 7.50. The van der Waals surface area contributed by atoms with Crippen molar-refractivity contribution in [3.8, 4) is 0 Å². The van der Waals surface area contributed by atoms with E-state index in [0.717, 1.165) is 6.54 Å². The summed E-state index contributed by atoms with van der Waals surface area (Å²) >= 11 is 0. The van der Waals surface area contributed by atoms with Crippen molar-refractivity contribution in [1.82, 2.24) is 0 Å². The zero-order valence-electron chi connectivity index (χ0n) is 8.85. The summed E-state index contributed by atoms with van der Waals surface area (Å²) in [6.07, 6.45) is 2.44. The highest BCUT2D eigenvalue weighted by Crippen LogP contribution is 2.22. The normalized spacial score (nSPS) is 12.5. The van der Waals surface area contributed by atoms with Gasteiger partial charge in [0.2, 0.25) is 0 Å². The van der Waals surface area contributed by atoms with E-state index < -0.39 is 0 Å². The van der Waals surface area contributed by atoms with Gasteiger partial charge in [-0.3, -0.25) is 0 Å². The molecule has 0 saturated carbocycles. The molecule has 0 saturated heterocycles. The second-order valence-electron chi connectivity index (χ2n) is 3.54. The molecule has 0 radical (unpaired) electrons. The number of hydrogen-bond donors (Lipinski definition) is 1. The minimum atomic E-state index is 0. The summed E-state index contributed by atoms with van der Waals surface area (Å²) in [5.74, 6) is 0. The molecule has 0 atom stereocenters. The molecule has 1 heteroatoms. The van der Waals surface area contributed by atoms with Gasteiger partial charge in [0.15, 0.2) is 0 Å². The van der Waals surface area contributed by atoms with E-state index in [4.69, 9.17) is 0 Å². The van der Waals surface area contributed by atoms with Crippen LogP contribution in [-0.4, -0.2) is 6.54 Å². The van der Waals surface area contributed by atoms with E-state index in [9.17, 15) is 0 Å². The SMILES string of the molecule is CCC.Cc1ccc2c(c1)CCN2.[HH]. The maximum absolute atomic E-state index is 3.33. The van der Waals surface area contributed by atoms with Crippen LogP contribution in [0.25, 0.3) is 0 Å². The summed E-state index contributed by atoms with van der Waals surface area (Å²) in [6, 6.07) is 6.57. The fourth-order valence-corrected chi connectivity index (χ4v) is 1.43. The van der Waals surface area contributed by atoms with Gasteiger partial charge in [-0.15, -0.1) is 0 Å². The predicted octanol–water partition coefficient (Wildman–Crippen LogP) is 3.63. The second kappa shape index (κ2) is 4.90. The van der Waals surface area contributed by atoms with Crippen LogP contribution in [0, 0.1) is 6.92 Å². The number of nitrogens with one attached hydrogen (secondary N) is 1. The van der Waals surface area contributed by atoms with Crippen LogP contribution in [0.5, 0.6) is 0 Å². The van der Waals surface area contributed by atoms with E-state index in [1.165, 1.54) is 29.7 Å². The number of aryl methyl sites for hydroxylation is 1. The molecule has 0 fully saturated rings. The van der Waals surface area contributed by atoms with Crippen LogP contribution >= 0.6 is 0 Å². The Balaban J connectivity index is 0.000000381. The van der Waals surface area contributed by atoms with Gasteiger partial charge in [-0.2, -0.15) is 0 Å². The number of rotatable bonds is 0. The lowest BCUT2D eigenvalue weighted by Crippen LogP contribution is -1.90. The molecule has 1 aromatic carbocycles. The average molecular weight is 179 g/mol. The fourth-order valence-electron chi connectivity index (χ4n) is 1.43. The molecule has 0 unspecified atom stereocenters. The van der Waals surface area contributed by atoms with E-state index >= 15 is 0 Å². The minimum Gasteiger partial charge on any atom is -0.384 e. The highest BCUT2D eigenvalue weighted by Gasteiger charge is 2.07. The van der Waals surface area contributed by atoms with Gasteiger partial charge in [-0.05, 0) is 25.0 Å². The van der Waals surface area contributed by atoms with E-state index in [2.05, 4.69) is 44.3 Å². The Morgan fingerprint density at radius 1 is 1.38 bits per heavy atom. The van der Waals surface area contributed by atoms with Crippen molar-refractivity contribution in [1.29, 1.82) is 0 Å². The highest BCUT2D eigenvalue weighted by molar-refractivity contribution is 5.56. The van der Waals surface area contributed by atoms with Gasteiger partial charge in [0.05, 0.1) is 0 Å². The van der Waals surface area contributed by atoms with Crippen LogP contribution in [0.3, 0.4) is 0 Å². The predicted molar refractivity (Wildman–Crippen MR) is 61.5 cm³/mol. The molecule has 1 nitrogen and oxygen atoms in total. The van der Waals surface area contributed by atoms with Crippen LogP contribution in [0.1, 0.15) is 32.8 Å². The van der Waals surface area contributed by atoms with Crippen molar-refractivity contribution in [3.63, 3.8) is 0 Å². The van der Waals surface area contributed by atoms with E-state index in [-0.39, 0.29) is 1.43 Å². The van der Waals surface area contributed by atoms with Gasteiger partial charge < -0.3 is 5.32 Å². The molecule has 74 valence electrons. The lowest BCUT2D eigenvalue weighted by atomic mass is 10.1. The Kier molecular flexibility index (Phi) is 3.81. The molecule has 1 aliphatic rings. The van der Waals surface area contributed by atoms with E-state index in [1.54, 1.807) is 0 Å². The van der Waals surface area contributed by atoms with Gasteiger partial charge >= 0.3 is 0 Å². The summed E-state index contributed by atoms with van der Waals surface area (Å²) < 4.78 is 0. The quantitative estimate of drug-likeness (QED) is 0.641. The number of fused-ring (bicyclic) bond motifs is 1. The highest BCUT2D eigenvalue weighted by atomic mass is 14.9. The van der Waals surface area contributed by atoms with Crippen molar-refractivity contribution >= 4 is 5.69 Å². The first-order valence-electron chi connectivity index (χ1n) is 5.11. The molecule has 13 heavy (non-hydrogen) atoms. The Morgan fingerprint density at radius 2 is 2.08 bits per heavy atom. The molecule has 1 heterocycles. The number of hydrogen-bond acceptors (Lipinski definition) is 1. The first-order chi connectivity index (χ1) is 6.27. The maximum Gasteiger partial charge on any atom is 0.0373 e. The summed E-state index contributed by atoms with van der Waals surface area (Å²) in [5, 5.41) is 3.33. The Morgan fingerprint density at radius 3 is 2.77 bits per heavy atom. The van der Waals surface area contributed by atoms with Crippen molar-refractivity contribution in [2.45, 2.75) is 33.6 Å². The molecule has 0 spiro atoms. The molecule has 0 aliphatic carbocycles. The molecule has 0 aromatic heterocycles. The molecule has 1 aromatic rings. The summed E-state index contributed by atoms with van der Waals surface area (Å²) in [5.41, 5.74) is 4.16. The Hall–Kier alpha value is -0.980. The van der Waals surface area contributed by atoms with Crippen LogP contribution in [0.15, 0.2) is 18.2 Å². The number of anilines is 1. The van der Waals surface area contributed by atoms with Gasteiger partial charge in [-0.1, -0.05) is 38.0 Å². The third-order valence-corrected chi connectivity index (χ3v) is 1.97. The summed E-state index contributed by atoms with van der Waals surface area (Å²) in [7, 11) is 0. The third kappa shape index (κ3) is 2.76. The molecule has 1 aliphatic heterocycles. The summed E-state index contributed by atoms with van der Waals surface area (Å²) in [4.78, 5) is 0. The third-order valence-electron chi connectivity index (χ3n) is 1.97. The smallest absolute Gasteiger partial charge is 0.0373 e. The first-order valence-corrected chi connectivity index (χ1v) is 5.11. The maximum atomic E-state index is 3.33. The molecular weight excluding hydrogens is 158 g/mol.